The zero-order valence-electron chi connectivity index (χ0n) is 10.7. The normalized spacial score (nSPS) is 12.3. The third kappa shape index (κ3) is 3.31. The maximum atomic E-state index is 5.18. The van der Waals surface area contributed by atoms with E-state index in [9.17, 15) is 0 Å². The van der Waals surface area contributed by atoms with Gasteiger partial charge in [-0.05, 0) is 30.7 Å². The molecule has 2 aromatic rings. The Kier molecular flexibility index (Phi) is 4.73. The molecule has 0 radical (unpaired) electrons. The minimum atomic E-state index is 0.362. The van der Waals surface area contributed by atoms with Crippen molar-refractivity contribution >= 4 is 17.0 Å². The average Bonchev–Trinajstić information content (AvgIpc) is 2.93. The fraction of sp³-hybridized carbons (Fsp3) is 0.357. The first-order chi connectivity index (χ1) is 8.83. The molecule has 0 amide bonds. The van der Waals surface area contributed by atoms with E-state index >= 15 is 0 Å². The Morgan fingerprint density at radius 3 is 2.67 bits per heavy atom. The molecule has 1 atom stereocenters. The van der Waals surface area contributed by atoms with Gasteiger partial charge in [0, 0.05) is 36.0 Å². The summed E-state index contributed by atoms with van der Waals surface area (Å²) in [4.78, 5) is 4.30. The van der Waals surface area contributed by atoms with Gasteiger partial charge in [0.25, 0.3) is 0 Å². The van der Waals surface area contributed by atoms with E-state index in [1.54, 1.807) is 18.4 Å². The van der Waals surface area contributed by atoms with Gasteiger partial charge in [-0.2, -0.15) is 0 Å². The molecule has 2 rings (SSSR count). The Bertz CT molecular complexity index is 453. The number of hydrogen-bond donors (Lipinski definition) is 1. The third-order valence-electron chi connectivity index (χ3n) is 2.80. The van der Waals surface area contributed by atoms with Gasteiger partial charge in [0.1, 0.15) is 5.01 Å². The predicted molar refractivity (Wildman–Crippen MR) is 77.1 cm³/mol. The van der Waals surface area contributed by atoms with Crippen molar-refractivity contribution < 1.29 is 4.74 Å². The van der Waals surface area contributed by atoms with Crippen molar-refractivity contribution in [1.82, 2.24) is 4.98 Å². The molecule has 18 heavy (non-hydrogen) atoms. The van der Waals surface area contributed by atoms with Crippen LogP contribution in [-0.2, 0) is 4.74 Å². The summed E-state index contributed by atoms with van der Waals surface area (Å²) in [6.45, 7) is 2.88. The highest BCUT2D eigenvalue weighted by atomic mass is 32.1. The molecule has 0 saturated heterocycles. The molecular formula is C14H18N2OS. The Labute approximate surface area is 112 Å². The number of nitrogens with one attached hydrogen (secondary N) is 1. The largest absolute Gasteiger partial charge is 0.383 e. The van der Waals surface area contributed by atoms with Gasteiger partial charge in [0.2, 0.25) is 0 Å². The Hall–Kier alpha value is -1.39. The van der Waals surface area contributed by atoms with E-state index < -0.39 is 0 Å². The topological polar surface area (TPSA) is 34.1 Å². The number of aromatic nitrogens is 1. The Morgan fingerprint density at radius 1 is 1.33 bits per heavy atom. The maximum Gasteiger partial charge on any atom is 0.123 e. The van der Waals surface area contributed by atoms with Crippen molar-refractivity contribution in [1.29, 1.82) is 0 Å². The summed E-state index contributed by atoms with van der Waals surface area (Å²) in [6.07, 6.45) is 2.87. The van der Waals surface area contributed by atoms with Crippen LogP contribution in [0, 0.1) is 0 Å². The molecule has 0 fully saturated rings. The lowest BCUT2D eigenvalue weighted by Crippen LogP contribution is -2.23. The lowest BCUT2D eigenvalue weighted by Gasteiger charge is -2.17. The van der Waals surface area contributed by atoms with Crippen LogP contribution in [0.15, 0.2) is 35.8 Å². The third-order valence-corrected chi connectivity index (χ3v) is 3.62. The lowest BCUT2D eigenvalue weighted by molar-refractivity contribution is 0.184. The second-order valence-corrected chi connectivity index (χ2v) is 5.01. The van der Waals surface area contributed by atoms with E-state index in [1.807, 2.05) is 11.6 Å². The summed E-state index contributed by atoms with van der Waals surface area (Å²) in [6, 6.07) is 8.74. The Balaban J connectivity index is 2.03. The molecule has 96 valence electrons. The molecule has 0 aliphatic heterocycles. The number of rotatable bonds is 6. The van der Waals surface area contributed by atoms with E-state index in [4.69, 9.17) is 4.74 Å². The van der Waals surface area contributed by atoms with Crippen LogP contribution in [0.5, 0.6) is 0 Å². The van der Waals surface area contributed by atoms with E-state index in [2.05, 4.69) is 41.5 Å². The quantitative estimate of drug-likeness (QED) is 0.863. The van der Waals surface area contributed by atoms with Crippen molar-refractivity contribution in [3.8, 4) is 10.6 Å². The molecule has 1 unspecified atom stereocenters. The van der Waals surface area contributed by atoms with Crippen LogP contribution in [0.1, 0.15) is 13.3 Å². The highest BCUT2D eigenvalue weighted by Gasteiger charge is 2.06. The van der Waals surface area contributed by atoms with Crippen molar-refractivity contribution in [3.05, 3.63) is 35.8 Å². The summed E-state index contributed by atoms with van der Waals surface area (Å²) in [5, 5.41) is 6.51. The summed E-state index contributed by atoms with van der Waals surface area (Å²) >= 11 is 1.66. The highest BCUT2D eigenvalue weighted by Crippen LogP contribution is 2.23. The zero-order valence-corrected chi connectivity index (χ0v) is 11.5. The van der Waals surface area contributed by atoms with Crippen LogP contribution in [0.4, 0.5) is 5.69 Å². The number of anilines is 1. The second kappa shape index (κ2) is 6.52. The maximum absolute atomic E-state index is 5.18. The number of nitrogens with zero attached hydrogens (tertiary/aromatic N) is 1. The van der Waals surface area contributed by atoms with Gasteiger partial charge in [-0.15, -0.1) is 11.3 Å². The molecular weight excluding hydrogens is 244 g/mol. The smallest absolute Gasteiger partial charge is 0.123 e. The molecule has 1 aromatic heterocycles. The zero-order chi connectivity index (χ0) is 12.8. The minimum Gasteiger partial charge on any atom is -0.383 e. The number of hydrogen-bond acceptors (Lipinski definition) is 4. The van der Waals surface area contributed by atoms with Crippen molar-refractivity contribution in [2.45, 2.75) is 19.4 Å². The van der Waals surface area contributed by atoms with Gasteiger partial charge in [-0.1, -0.05) is 6.92 Å². The molecule has 0 aliphatic carbocycles. The standard InChI is InChI=1S/C14H18N2OS/c1-3-12(10-17-2)16-13-6-4-11(5-7-13)14-15-8-9-18-14/h4-9,12,16H,3,10H2,1-2H3. The average molecular weight is 262 g/mol. The molecule has 0 aliphatic rings. The monoisotopic (exact) mass is 262 g/mol. The van der Waals surface area contributed by atoms with Crippen LogP contribution in [0.2, 0.25) is 0 Å². The highest BCUT2D eigenvalue weighted by molar-refractivity contribution is 7.13. The second-order valence-electron chi connectivity index (χ2n) is 4.12. The minimum absolute atomic E-state index is 0.362. The fourth-order valence-electron chi connectivity index (χ4n) is 1.77. The molecule has 0 spiro atoms. The van der Waals surface area contributed by atoms with E-state index in [0.717, 1.165) is 29.3 Å². The van der Waals surface area contributed by atoms with Crippen LogP contribution in [0.25, 0.3) is 10.6 Å². The fourth-order valence-corrected chi connectivity index (χ4v) is 2.42. The summed E-state index contributed by atoms with van der Waals surface area (Å²) in [5.74, 6) is 0. The number of thiazole rings is 1. The molecule has 3 nitrogen and oxygen atoms in total. The molecule has 1 heterocycles. The van der Waals surface area contributed by atoms with E-state index in [-0.39, 0.29) is 0 Å². The van der Waals surface area contributed by atoms with Gasteiger partial charge in [0.15, 0.2) is 0 Å². The predicted octanol–water partition coefficient (Wildman–Crippen LogP) is 3.65. The van der Waals surface area contributed by atoms with Gasteiger partial charge >= 0.3 is 0 Å². The summed E-state index contributed by atoms with van der Waals surface area (Å²) in [7, 11) is 1.73. The molecule has 4 heteroatoms. The summed E-state index contributed by atoms with van der Waals surface area (Å²) in [5.41, 5.74) is 2.29. The molecule has 0 saturated carbocycles. The number of benzene rings is 1. The van der Waals surface area contributed by atoms with Crippen molar-refractivity contribution in [3.63, 3.8) is 0 Å². The van der Waals surface area contributed by atoms with Crippen LogP contribution >= 0.6 is 11.3 Å². The van der Waals surface area contributed by atoms with Crippen LogP contribution in [0.3, 0.4) is 0 Å². The van der Waals surface area contributed by atoms with Gasteiger partial charge in [0.05, 0.1) is 6.61 Å². The van der Waals surface area contributed by atoms with Crippen molar-refractivity contribution in [2.24, 2.45) is 0 Å². The molecule has 0 bridgehead atoms. The molecule has 1 N–H and O–H groups in total. The Morgan fingerprint density at radius 2 is 2.11 bits per heavy atom. The van der Waals surface area contributed by atoms with Crippen LogP contribution in [-0.4, -0.2) is 24.7 Å². The molecule has 1 aromatic carbocycles. The SMILES string of the molecule is CCC(COC)Nc1ccc(-c2nccs2)cc1. The first-order valence-corrected chi connectivity index (χ1v) is 6.97. The number of ether oxygens (including phenoxy) is 1. The van der Waals surface area contributed by atoms with Gasteiger partial charge in [-0.25, -0.2) is 4.98 Å². The van der Waals surface area contributed by atoms with Gasteiger partial charge < -0.3 is 10.1 Å². The van der Waals surface area contributed by atoms with Crippen molar-refractivity contribution in [2.75, 3.05) is 19.0 Å². The van der Waals surface area contributed by atoms with E-state index in [1.165, 1.54) is 0 Å². The van der Waals surface area contributed by atoms with Gasteiger partial charge in [-0.3, -0.25) is 0 Å². The first-order valence-electron chi connectivity index (χ1n) is 6.09. The van der Waals surface area contributed by atoms with Crippen LogP contribution < -0.4 is 5.32 Å². The van der Waals surface area contributed by atoms with E-state index in [0.29, 0.717) is 6.04 Å². The lowest BCUT2D eigenvalue weighted by atomic mass is 10.2. The summed E-state index contributed by atoms with van der Waals surface area (Å²) < 4.78 is 5.18. The number of methoxy groups -OCH3 is 1. The first kappa shape index (κ1) is 13.1.